The molecule has 9 aromatic rings. The highest BCUT2D eigenvalue weighted by molar-refractivity contribution is 7.18. The van der Waals surface area contributed by atoms with E-state index >= 15 is 0 Å². The van der Waals surface area contributed by atoms with Crippen LogP contribution in [0.4, 0.5) is 0 Å². The highest BCUT2D eigenvalue weighted by Crippen LogP contribution is 2.49. The Morgan fingerprint density at radius 1 is 0.425 bits per heavy atom. The molecule has 0 aliphatic heterocycles. The molecule has 0 aliphatic rings. The Morgan fingerprint density at radius 2 is 1.00 bits per heavy atom. The summed E-state index contributed by atoms with van der Waals surface area (Å²) < 4.78 is 7.68. The van der Waals surface area contributed by atoms with Crippen LogP contribution in [0.1, 0.15) is 0 Å². The van der Waals surface area contributed by atoms with Crippen molar-refractivity contribution >= 4 is 75.7 Å². The molecule has 0 aliphatic carbocycles. The van der Waals surface area contributed by atoms with Crippen LogP contribution in [0, 0.1) is 0 Å². The molecule has 40 heavy (non-hydrogen) atoms. The normalized spacial score (nSPS) is 12.0. The second-order valence-electron chi connectivity index (χ2n) is 10.4. The van der Waals surface area contributed by atoms with Gasteiger partial charge in [0.05, 0.1) is 0 Å². The molecule has 2 heterocycles. The van der Waals surface area contributed by atoms with E-state index in [-0.39, 0.29) is 0 Å². The molecule has 1 nitrogen and oxygen atoms in total. The average molecular weight is 527 g/mol. The van der Waals surface area contributed by atoms with Crippen molar-refractivity contribution in [3.63, 3.8) is 0 Å². The van der Waals surface area contributed by atoms with E-state index in [2.05, 4.69) is 127 Å². The first-order chi connectivity index (χ1) is 19.9. The van der Waals surface area contributed by atoms with Gasteiger partial charge in [0.1, 0.15) is 11.2 Å². The molecule has 2 aromatic heterocycles. The van der Waals surface area contributed by atoms with Crippen LogP contribution in [-0.2, 0) is 0 Å². The van der Waals surface area contributed by atoms with Crippen molar-refractivity contribution in [2.45, 2.75) is 0 Å². The second kappa shape index (κ2) is 8.29. The quantitative estimate of drug-likeness (QED) is 0.204. The molecule has 7 aromatic carbocycles. The van der Waals surface area contributed by atoms with Crippen molar-refractivity contribution in [3.8, 4) is 22.3 Å². The van der Waals surface area contributed by atoms with Gasteiger partial charge in [-0.05, 0) is 72.6 Å². The molecule has 0 amide bonds. The number of thiophene rings is 1. The SMILES string of the molecule is c1ccc2c(-c3c4ccccc4c(-c4cc5c6ccccc6oc5c5ccsc45)c4ccccc34)cccc2c1. The molecule has 186 valence electrons. The lowest BCUT2D eigenvalue weighted by Gasteiger charge is -2.19. The minimum Gasteiger partial charge on any atom is -0.455 e. The second-order valence-corrected chi connectivity index (χ2v) is 11.3. The highest BCUT2D eigenvalue weighted by Gasteiger charge is 2.21. The Morgan fingerprint density at radius 3 is 1.73 bits per heavy atom. The molecule has 0 saturated carbocycles. The van der Waals surface area contributed by atoms with Crippen molar-refractivity contribution < 1.29 is 4.42 Å². The van der Waals surface area contributed by atoms with Gasteiger partial charge in [0.25, 0.3) is 0 Å². The number of fused-ring (bicyclic) bond motifs is 8. The fraction of sp³-hybridized carbons (Fsp3) is 0. The van der Waals surface area contributed by atoms with Gasteiger partial charge >= 0.3 is 0 Å². The summed E-state index contributed by atoms with van der Waals surface area (Å²) in [7, 11) is 0. The maximum atomic E-state index is 6.41. The summed E-state index contributed by atoms with van der Waals surface area (Å²) in [5.41, 5.74) is 7.03. The van der Waals surface area contributed by atoms with Crippen LogP contribution < -0.4 is 0 Å². The summed E-state index contributed by atoms with van der Waals surface area (Å²) in [4.78, 5) is 0. The number of hydrogen-bond donors (Lipinski definition) is 0. The maximum absolute atomic E-state index is 6.41. The fourth-order valence-electron chi connectivity index (χ4n) is 6.65. The molecule has 0 N–H and O–H groups in total. The van der Waals surface area contributed by atoms with E-state index in [0.717, 1.165) is 16.6 Å². The molecule has 2 heteroatoms. The first kappa shape index (κ1) is 22.0. The third-order valence-corrected chi connectivity index (χ3v) is 9.28. The smallest absolute Gasteiger partial charge is 0.144 e. The highest BCUT2D eigenvalue weighted by atomic mass is 32.1. The molecule has 0 bridgehead atoms. The van der Waals surface area contributed by atoms with Gasteiger partial charge in [-0.25, -0.2) is 0 Å². The van der Waals surface area contributed by atoms with Gasteiger partial charge in [-0.1, -0.05) is 109 Å². The van der Waals surface area contributed by atoms with Crippen molar-refractivity contribution in [1.29, 1.82) is 0 Å². The number of rotatable bonds is 2. The molecule has 9 rings (SSSR count). The Hall–Kier alpha value is -4.92. The monoisotopic (exact) mass is 526 g/mol. The Labute approximate surface area is 234 Å². The molecule has 0 atom stereocenters. The Kier molecular flexibility index (Phi) is 4.55. The van der Waals surface area contributed by atoms with Crippen LogP contribution in [0.5, 0.6) is 0 Å². The predicted octanol–water partition coefficient (Wildman–Crippen LogP) is 11.6. The zero-order chi connectivity index (χ0) is 26.2. The average Bonchev–Trinajstić information content (AvgIpc) is 3.65. The largest absolute Gasteiger partial charge is 0.455 e. The van der Waals surface area contributed by atoms with E-state index in [9.17, 15) is 0 Å². The van der Waals surface area contributed by atoms with E-state index in [1.807, 2.05) is 6.07 Å². The summed E-state index contributed by atoms with van der Waals surface area (Å²) in [6.07, 6.45) is 0. The first-order valence-corrected chi connectivity index (χ1v) is 14.5. The first-order valence-electron chi connectivity index (χ1n) is 13.6. The van der Waals surface area contributed by atoms with Gasteiger partial charge in [0, 0.05) is 26.4 Å². The van der Waals surface area contributed by atoms with Crippen molar-refractivity contribution in [1.82, 2.24) is 0 Å². The van der Waals surface area contributed by atoms with E-state index in [0.29, 0.717) is 0 Å². The minimum atomic E-state index is 0.933. The lowest BCUT2D eigenvalue weighted by molar-refractivity contribution is 0.673. The van der Waals surface area contributed by atoms with E-state index in [4.69, 9.17) is 4.42 Å². The van der Waals surface area contributed by atoms with Crippen LogP contribution in [-0.4, -0.2) is 0 Å². The molecule has 0 unspecified atom stereocenters. The van der Waals surface area contributed by atoms with E-state index in [1.165, 1.54) is 70.0 Å². The molecule has 0 spiro atoms. The molecule has 0 radical (unpaired) electrons. The van der Waals surface area contributed by atoms with E-state index < -0.39 is 0 Å². The number of furan rings is 1. The third-order valence-electron chi connectivity index (χ3n) is 8.34. The van der Waals surface area contributed by atoms with Crippen LogP contribution in [0.2, 0.25) is 0 Å². The Bertz CT molecular complexity index is 2380. The summed E-state index contributed by atoms with van der Waals surface area (Å²) in [6.45, 7) is 0. The molecular weight excluding hydrogens is 504 g/mol. The van der Waals surface area contributed by atoms with Crippen molar-refractivity contribution in [2.24, 2.45) is 0 Å². The van der Waals surface area contributed by atoms with Crippen LogP contribution in [0.15, 0.2) is 137 Å². The number of hydrogen-bond acceptors (Lipinski definition) is 2. The number of benzene rings is 7. The lowest BCUT2D eigenvalue weighted by atomic mass is 9.84. The third kappa shape index (κ3) is 2.97. The Balaban J connectivity index is 1.49. The lowest BCUT2D eigenvalue weighted by Crippen LogP contribution is -1.92. The summed E-state index contributed by atoms with van der Waals surface area (Å²) >= 11 is 1.79. The minimum absolute atomic E-state index is 0.933. The standard InChI is InChI=1S/C38H22OS/c1-2-12-24-23(10-1)11-9-18-26(24)35-27-14-3-5-16-29(27)36(30-17-6-4-15-28(30)35)33-22-32-25-13-7-8-19-34(25)39-37(32)31-20-21-40-38(31)33/h1-22H. The molecule has 0 fully saturated rings. The van der Waals surface area contributed by atoms with Gasteiger partial charge in [0.15, 0.2) is 0 Å². The van der Waals surface area contributed by atoms with E-state index in [1.54, 1.807) is 11.3 Å². The van der Waals surface area contributed by atoms with Gasteiger partial charge in [-0.3, -0.25) is 0 Å². The maximum Gasteiger partial charge on any atom is 0.144 e. The van der Waals surface area contributed by atoms with Crippen LogP contribution in [0.3, 0.4) is 0 Å². The summed E-state index contributed by atoms with van der Waals surface area (Å²) in [5.74, 6) is 0. The van der Waals surface area contributed by atoms with Crippen molar-refractivity contribution in [3.05, 3.63) is 133 Å². The van der Waals surface area contributed by atoms with Crippen LogP contribution >= 0.6 is 11.3 Å². The van der Waals surface area contributed by atoms with Crippen molar-refractivity contribution in [2.75, 3.05) is 0 Å². The predicted molar refractivity (Wildman–Crippen MR) is 172 cm³/mol. The summed E-state index contributed by atoms with van der Waals surface area (Å²) in [6, 6.07) is 46.2. The van der Waals surface area contributed by atoms with Gasteiger partial charge < -0.3 is 4.42 Å². The topological polar surface area (TPSA) is 13.1 Å². The molecular formula is C38H22OS. The van der Waals surface area contributed by atoms with Crippen LogP contribution in [0.25, 0.3) is 86.6 Å². The fourth-order valence-corrected chi connectivity index (χ4v) is 7.57. The zero-order valence-electron chi connectivity index (χ0n) is 21.5. The van der Waals surface area contributed by atoms with Gasteiger partial charge in [0.2, 0.25) is 0 Å². The molecule has 0 saturated heterocycles. The van der Waals surface area contributed by atoms with Gasteiger partial charge in [-0.15, -0.1) is 11.3 Å². The zero-order valence-corrected chi connectivity index (χ0v) is 22.3. The van der Waals surface area contributed by atoms with Gasteiger partial charge in [-0.2, -0.15) is 0 Å². The summed E-state index contributed by atoms with van der Waals surface area (Å²) in [5, 5.41) is 13.3. The number of para-hydroxylation sites is 1.